The van der Waals surface area contributed by atoms with Gasteiger partial charge in [-0.25, -0.2) is 4.79 Å². The first-order valence-electron chi connectivity index (χ1n) is 7.20. The molecule has 2 unspecified atom stereocenters. The van der Waals surface area contributed by atoms with E-state index in [-0.39, 0.29) is 12.3 Å². The lowest BCUT2D eigenvalue weighted by atomic mass is 9.76. The van der Waals surface area contributed by atoms with Crippen LogP contribution in [0.5, 0.6) is 0 Å². The second kappa shape index (κ2) is 6.48. The summed E-state index contributed by atoms with van der Waals surface area (Å²) in [4.78, 5) is 23.8. The molecule has 1 amide bonds. The van der Waals surface area contributed by atoms with Crippen LogP contribution in [0.3, 0.4) is 0 Å². The van der Waals surface area contributed by atoms with E-state index in [2.05, 4.69) is 5.32 Å². The quantitative estimate of drug-likeness (QED) is 0.898. The van der Waals surface area contributed by atoms with Crippen molar-refractivity contribution in [1.29, 1.82) is 0 Å². The first-order chi connectivity index (χ1) is 9.91. The van der Waals surface area contributed by atoms with Crippen molar-refractivity contribution in [3.63, 3.8) is 0 Å². The Kier molecular flexibility index (Phi) is 4.88. The van der Waals surface area contributed by atoms with Crippen LogP contribution in [0.15, 0.2) is 24.3 Å². The van der Waals surface area contributed by atoms with E-state index in [1.807, 2.05) is 13.0 Å². The molecule has 0 saturated heterocycles. The molecule has 114 valence electrons. The fourth-order valence-corrected chi connectivity index (χ4v) is 3.27. The predicted molar refractivity (Wildman–Crippen MR) is 81.3 cm³/mol. The topological polar surface area (TPSA) is 66.4 Å². The summed E-state index contributed by atoms with van der Waals surface area (Å²) in [6.07, 6.45) is 2.96. The maximum atomic E-state index is 12.2. The van der Waals surface area contributed by atoms with Gasteiger partial charge in [-0.15, -0.1) is 0 Å². The van der Waals surface area contributed by atoms with Crippen LogP contribution in [0.1, 0.15) is 38.2 Å². The molecule has 1 fully saturated rings. The molecule has 0 aromatic heterocycles. The number of rotatable bonds is 4. The van der Waals surface area contributed by atoms with Gasteiger partial charge in [0.25, 0.3) is 0 Å². The molecule has 1 aromatic carbocycles. The van der Waals surface area contributed by atoms with Crippen LogP contribution in [0.25, 0.3) is 0 Å². The Morgan fingerprint density at radius 3 is 2.86 bits per heavy atom. The highest BCUT2D eigenvalue weighted by Gasteiger charge is 2.43. The number of hydrogen-bond donors (Lipinski definition) is 2. The number of aliphatic carboxylic acids is 1. The van der Waals surface area contributed by atoms with Gasteiger partial charge in [-0.05, 0) is 36.5 Å². The Morgan fingerprint density at radius 1 is 1.48 bits per heavy atom. The van der Waals surface area contributed by atoms with Crippen molar-refractivity contribution < 1.29 is 14.7 Å². The van der Waals surface area contributed by atoms with Crippen molar-refractivity contribution in [2.24, 2.45) is 5.92 Å². The standard InChI is InChI=1S/C16H20ClNO3/c1-11-4-3-7-16(10-11,15(20)21)18-14(19)9-12-5-2-6-13(17)8-12/h2,5-6,8,11H,3-4,7,9-10H2,1H3,(H,18,19)(H,20,21). The fraction of sp³-hybridized carbons (Fsp3) is 0.500. The Hall–Kier alpha value is -1.55. The molecule has 0 heterocycles. The highest BCUT2D eigenvalue weighted by Crippen LogP contribution is 2.32. The summed E-state index contributed by atoms with van der Waals surface area (Å²) in [5, 5.41) is 12.8. The van der Waals surface area contributed by atoms with Crippen molar-refractivity contribution in [2.45, 2.75) is 44.6 Å². The normalized spacial score (nSPS) is 25.3. The van der Waals surface area contributed by atoms with E-state index in [9.17, 15) is 14.7 Å². The Morgan fingerprint density at radius 2 is 2.24 bits per heavy atom. The molecule has 0 radical (unpaired) electrons. The lowest BCUT2D eigenvalue weighted by Crippen LogP contribution is -2.57. The van der Waals surface area contributed by atoms with E-state index in [0.717, 1.165) is 18.4 Å². The van der Waals surface area contributed by atoms with Crippen LogP contribution in [-0.2, 0) is 16.0 Å². The summed E-state index contributed by atoms with van der Waals surface area (Å²) in [5.41, 5.74) is -0.336. The zero-order valence-corrected chi connectivity index (χ0v) is 12.8. The minimum absolute atomic E-state index is 0.143. The fourth-order valence-electron chi connectivity index (χ4n) is 3.06. The van der Waals surface area contributed by atoms with Crippen LogP contribution in [0, 0.1) is 5.92 Å². The van der Waals surface area contributed by atoms with Crippen LogP contribution in [0.4, 0.5) is 0 Å². The summed E-state index contributed by atoms with van der Waals surface area (Å²) in [5.74, 6) is -0.899. The lowest BCUT2D eigenvalue weighted by Gasteiger charge is -2.37. The van der Waals surface area contributed by atoms with Gasteiger partial charge in [0, 0.05) is 5.02 Å². The van der Waals surface area contributed by atoms with E-state index in [1.165, 1.54) is 0 Å². The summed E-state index contributed by atoms with van der Waals surface area (Å²) >= 11 is 5.89. The van der Waals surface area contributed by atoms with Crippen LogP contribution in [0.2, 0.25) is 5.02 Å². The molecule has 2 N–H and O–H groups in total. The van der Waals surface area contributed by atoms with Gasteiger partial charge in [0.05, 0.1) is 6.42 Å². The third kappa shape index (κ3) is 3.97. The SMILES string of the molecule is CC1CCCC(NC(=O)Cc2cccc(Cl)c2)(C(=O)O)C1. The molecular formula is C16H20ClNO3. The Balaban J connectivity index is 2.07. The van der Waals surface area contributed by atoms with E-state index in [1.54, 1.807) is 18.2 Å². The molecule has 4 nitrogen and oxygen atoms in total. The number of carboxylic acid groups (broad SMARTS) is 1. The monoisotopic (exact) mass is 309 g/mol. The lowest BCUT2D eigenvalue weighted by molar-refractivity contribution is -0.150. The van der Waals surface area contributed by atoms with Crippen molar-refractivity contribution in [3.05, 3.63) is 34.9 Å². The molecule has 0 bridgehead atoms. The van der Waals surface area contributed by atoms with E-state index >= 15 is 0 Å². The molecule has 5 heteroatoms. The van der Waals surface area contributed by atoms with E-state index in [4.69, 9.17) is 11.6 Å². The number of amides is 1. The molecule has 1 aromatic rings. The molecule has 1 saturated carbocycles. The van der Waals surface area contributed by atoms with Gasteiger partial charge in [-0.2, -0.15) is 0 Å². The molecule has 0 spiro atoms. The minimum atomic E-state index is -1.12. The maximum absolute atomic E-state index is 12.2. The molecule has 2 rings (SSSR count). The minimum Gasteiger partial charge on any atom is -0.480 e. The number of carbonyl (C=O) groups is 2. The maximum Gasteiger partial charge on any atom is 0.329 e. The largest absolute Gasteiger partial charge is 0.480 e. The highest BCUT2D eigenvalue weighted by molar-refractivity contribution is 6.30. The number of nitrogens with one attached hydrogen (secondary N) is 1. The van der Waals surface area contributed by atoms with Crippen molar-refractivity contribution in [1.82, 2.24) is 5.32 Å². The average molecular weight is 310 g/mol. The highest BCUT2D eigenvalue weighted by atomic mass is 35.5. The van der Waals surface area contributed by atoms with Gasteiger partial charge in [-0.1, -0.05) is 43.5 Å². The zero-order valence-electron chi connectivity index (χ0n) is 12.1. The summed E-state index contributed by atoms with van der Waals surface area (Å²) < 4.78 is 0. The van der Waals surface area contributed by atoms with Gasteiger partial charge in [0.2, 0.25) is 5.91 Å². The van der Waals surface area contributed by atoms with E-state index in [0.29, 0.717) is 23.8 Å². The van der Waals surface area contributed by atoms with Crippen molar-refractivity contribution in [3.8, 4) is 0 Å². The molecule has 0 aliphatic heterocycles. The summed E-state index contributed by atoms with van der Waals surface area (Å²) in [6.45, 7) is 2.03. The van der Waals surface area contributed by atoms with Crippen LogP contribution in [-0.4, -0.2) is 22.5 Å². The molecule has 2 atom stereocenters. The smallest absolute Gasteiger partial charge is 0.329 e. The number of halogens is 1. The predicted octanol–water partition coefficient (Wildman–Crippen LogP) is 3.03. The van der Waals surface area contributed by atoms with Gasteiger partial charge < -0.3 is 10.4 Å². The van der Waals surface area contributed by atoms with Gasteiger partial charge in [0.15, 0.2) is 0 Å². The van der Waals surface area contributed by atoms with Crippen LogP contribution >= 0.6 is 11.6 Å². The molecule has 21 heavy (non-hydrogen) atoms. The second-order valence-corrected chi connectivity index (χ2v) is 6.38. The first kappa shape index (κ1) is 15.8. The summed E-state index contributed by atoms with van der Waals surface area (Å²) in [7, 11) is 0. The molecular weight excluding hydrogens is 290 g/mol. The van der Waals surface area contributed by atoms with Crippen molar-refractivity contribution in [2.75, 3.05) is 0 Å². The second-order valence-electron chi connectivity index (χ2n) is 5.94. The number of hydrogen-bond acceptors (Lipinski definition) is 2. The number of carboxylic acids is 1. The van der Waals surface area contributed by atoms with Gasteiger partial charge in [-0.3, -0.25) is 4.79 Å². The van der Waals surface area contributed by atoms with Crippen LogP contribution < -0.4 is 5.32 Å². The molecule has 1 aliphatic carbocycles. The third-order valence-corrected chi connectivity index (χ3v) is 4.27. The Bertz CT molecular complexity index is 546. The van der Waals surface area contributed by atoms with Gasteiger partial charge >= 0.3 is 5.97 Å². The number of carbonyl (C=O) groups excluding carboxylic acids is 1. The first-order valence-corrected chi connectivity index (χ1v) is 7.58. The average Bonchev–Trinajstić information content (AvgIpc) is 2.38. The Labute approximate surface area is 129 Å². The zero-order chi connectivity index (χ0) is 15.5. The summed E-state index contributed by atoms with van der Waals surface area (Å²) in [6, 6.07) is 7.05. The van der Waals surface area contributed by atoms with Gasteiger partial charge in [0.1, 0.15) is 5.54 Å². The van der Waals surface area contributed by atoms with E-state index < -0.39 is 11.5 Å². The number of benzene rings is 1. The third-order valence-electron chi connectivity index (χ3n) is 4.04. The molecule has 1 aliphatic rings. The van der Waals surface area contributed by atoms with Crippen molar-refractivity contribution >= 4 is 23.5 Å².